The number of hydrogen-bond donors (Lipinski definition) is 4. The summed E-state index contributed by atoms with van der Waals surface area (Å²) >= 11 is 13.6. The number of thioether (sulfide) groups is 1. The number of nitrogens with one attached hydrogen (secondary N) is 4. The highest BCUT2D eigenvalue weighted by atomic mass is 35.5. The molecule has 1 heterocycles. The van der Waals surface area contributed by atoms with Crippen molar-refractivity contribution in [3.8, 4) is 5.75 Å². The molecule has 2 bridgehead atoms. The third-order valence-electron chi connectivity index (χ3n) is 5.85. The number of hydrogen-bond acceptors (Lipinski definition) is 6. The van der Waals surface area contributed by atoms with Crippen molar-refractivity contribution in [1.82, 2.24) is 21.5 Å². The summed E-state index contributed by atoms with van der Waals surface area (Å²) in [7, 11) is 0. The Labute approximate surface area is 189 Å². The van der Waals surface area contributed by atoms with Crippen molar-refractivity contribution in [2.75, 3.05) is 6.61 Å². The van der Waals surface area contributed by atoms with Gasteiger partial charge in [0.2, 0.25) is 0 Å². The number of ether oxygens (including phenoxy) is 1. The van der Waals surface area contributed by atoms with Crippen molar-refractivity contribution in [2.45, 2.75) is 41.2 Å². The Morgan fingerprint density at radius 3 is 2.30 bits per heavy atom. The van der Waals surface area contributed by atoms with Gasteiger partial charge in [0.1, 0.15) is 11.2 Å². The number of amides is 1. The van der Waals surface area contributed by atoms with Gasteiger partial charge in [-0.05, 0) is 61.2 Å². The van der Waals surface area contributed by atoms with E-state index in [1.165, 1.54) is 5.56 Å². The molecule has 4 fully saturated rings. The van der Waals surface area contributed by atoms with Crippen LogP contribution in [-0.4, -0.2) is 29.1 Å². The predicted molar refractivity (Wildman–Crippen MR) is 119 cm³/mol. The highest BCUT2D eigenvalue weighted by molar-refractivity contribution is 8.00. The van der Waals surface area contributed by atoms with Gasteiger partial charge in [-0.1, -0.05) is 35.3 Å². The predicted octanol–water partition coefficient (Wildman–Crippen LogP) is 3.58. The van der Waals surface area contributed by atoms with Gasteiger partial charge in [-0.2, -0.15) is 0 Å². The minimum atomic E-state index is -0.0870. The van der Waals surface area contributed by atoms with Gasteiger partial charge in [-0.3, -0.25) is 10.1 Å². The molecule has 6 rings (SSSR count). The second-order valence-electron chi connectivity index (χ2n) is 8.26. The molecule has 2 aromatic carbocycles. The van der Waals surface area contributed by atoms with Crippen molar-refractivity contribution >= 4 is 40.9 Å². The Bertz CT molecular complexity index is 921. The maximum Gasteiger partial charge on any atom is 0.258 e. The fourth-order valence-corrected chi connectivity index (χ4v) is 6.02. The van der Waals surface area contributed by atoms with Crippen molar-refractivity contribution in [3.63, 3.8) is 0 Å². The van der Waals surface area contributed by atoms with E-state index in [0.29, 0.717) is 10.8 Å². The van der Waals surface area contributed by atoms with Gasteiger partial charge in [0.15, 0.2) is 6.61 Å². The van der Waals surface area contributed by atoms with Crippen LogP contribution >= 0.6 is 35.0 Å². The zero-order chi connectivity index (χ0) is 20.8. The average Bonchev–Trinajstić information content (AvgIpc) is 3.14. The molecule has 1 amide bonds. The van der Waals surface area contributed by atoms with E-state index in [1.54, 1.807) is 36.0 Å². The molecule has 30 heavy (non-hydrogen) atoms. The summed E-state index contributed by atoms with van der Waals surface area (Å²) in [5.41, 5.74) is 7.96. The normalized spacial score (nSPS) is 31.5. The molecule has 2 atom stereocenters. The highest BCUT2D eigenvalue weighted by Gasteiger charge is 2.69. The number of benzene rings is 2. The number of hydrazine groups is 1. The van der Waals surface area contributed by atoms with E-state index in [4.69, 9.17) is 27.9 Å². The van der Waals surface area contributed by atoms with Gasteiger partial charge in [0.05, 0.1) is 5.37 Å². The lowest BCUT2D eigenvalue weighted by Gasteiger charge is -2.71. The topological polar surface area (TPSA) is 74.4 Å². The molecule has 3 saturated carbocycles. The summed E-state index contributed by atoms with van der Waals surface area (Å²) in [6, 6.07) is 14.9. The smallest absolute Gasteiger partial charge is 0.258 e. The summed E-state index contributed by atoms with van der Waals surface area (Å²) in [4.78, 5) is 12.3. The van der Waals surface area contributed by atoms with Crippen LogP contribution in [0.2, 0.25) is 10.0 Å². The highest BCUT2D eigenvalue weighted by Crippen LogP contribution is 2.61. The molecule has 6 nitrogen and oxygen atoms in total. The van der Waals surface area contributed by atoms with E-state index in [2.05, 4.69) is 21.5 Å². The minimum Gasteiger partial charge on any atom is -0.484 e. The van der Waals surface area contributed by atoms with Crippen molar-refractivity contribution in [3.05, 3.63) is 64.1 Å². The fourth-order valence-electron chi connectivity index (χ4n) is 4.59. The second kappa shape index (κ2) is 7.89. The zero-order valence-electron chi connectivity index (χ0n) is 16.1. The first-order chi connectivity index (χ1) is 14.4. The Balaban J connectivity index is 1.05. The molecule has 0 radical (unpaired) electrons. The molecule has 2 aromatic rings. The first-order valence-electron chi connectivity index (χ1n) is 9.82. The van der Waals surface area contributed by atoms with Crippen molar-refractivity contribution in [1.29, 1.82) is 0 Å². The standard InChI is InChI=1S/C21H22Cl2N4O2S/c22-14-3-1-13(2-4-14)18-26-27-19(30-18)25-21-10-20(11-21,12-21)24-17(28)9-29-16-7-5-15(23)6-8-16/h1-8,18-19,25-27H,9-12H2,(H,24,28). The average molecular weight is 465 g/mol. The van der Waals surface area contributed by atoms with Crippen LogP contribution in [0, 0.1) is 0 Å². The molecule has 2 unspecified atom stereocenters. The van der Waals surface area contributed by atoms with Crippen LogP contribution in [0.15, 0.2) is 48.5 Å². The van der Waals surface area contributed by atoms with Crippen LogP contribution in [0.1, 0.15) is 30.2 Å². The van der Waals surface area contributed by atoms with E-state index < -0.39 is 0 Å². The first kappa shape index (κ1) is 20.4. The molecule has 4 aliphatic rings. The quantitative estimate of drug-likeness (QED) is 0.501. The summed E-state index contributed by atoms with van der Waals surface area (Å²) in [5, 5.41) is 8.40. The Morgan fingerprint density at radius 1 is 1.00 bits per heavy atom. The molecule has 158 valence electrons. The van der Waals surface area contributed by atoms with Crippen LogP contribution in [0.4, 0.5) is 0 Å². The third-order valence-corrected chi connectivity index (χ3v) is 7.52. The SMILES string of the molecule is O=C(COc1ccc(Cl)cc1)NC12CC(NC3NNC(c4ccc(Cl)cc4)S3)(C1)C2. The number of halogens is 2. The number of carbonyl (C=O) groups excluding carboxylic acids is 1. The molecule has 3 aliphatic carbocycles. The maximum absolute atomic E-state index is 12.3. The van der Waals surface area contributed by atoms with E-state index in [0.717, 1.165) is 24.3 Å². The summed E-state index contributed by atoms with van der Waals surface area (Å²) in [5.74, 6) is 0.549. The van der Waals surface area contributed by atoms with Crippen molar-refractivity contribution in [2.24, 2.45) is 0 Å². The van der Waals surface area contributed by atoms with Crippen molar-refractivity contribution < 1.29 is 9.53 Å². The summed E-state index contributed by atoms with van der Waals surface area (Å²) in [6.07, 6.45) is 2.82. The zero-order valence-corrected chi connectivity index (χ0v) is 18.4. The van der Waals surface area contributed by atoms with Gasteiger partial charge in [-0.25, -0.2) is 10.9 Å². The summed E-state index contributed by atoms with van der Waals surface area (Å²) < 4.78 is 5.53. The van der Waals surface area contributed by atoms with Gasteiger partial charge < -0.3 is 10.1 Å². The van der Waals surface area contributed by atoms with Crippen LogP contribution in [0.3, 0.4) is 0 Å². The van der Waals surface area contributed by atoms with Gasteiger partial charge in [0.25, 0.3) is 5.91 Å². The molecule has 0 aromatic heterocycles. The fraction of sp³-hybridized carbons (Fsp3) is 0.381. The molecular formula is C21H22Cl2N4O2S. The number of rotatable bonds is 7. The maximum atomic E-state index is 12.3. The monoisotopic (exact) mass is 464 g/mol. The molecule has 1 aliphatic heterocycles. The molecule has 9 heteroatoms. The van der Waals surface area contributed by atoms with Gasteiger partial charge >= 0.3 is 0 Å². The largest absolute Gasteiger partial charge is 0.484 e. The Morgan fingerprint density at radius 2 is 1.63 bits per heavy atom. The molecular weight excluding hydrogens is 443 g/mol. The van der Waals surface area contributed by atoms with Crippen LogP contribution in [0.25, 0.3) is 0 Å². The van der Waals surface area contributed by atoms with E-state index in [-0.39, 0.29) is 34.5 Å². The van der Waals surface area contributed by atoms with E-state index in [9.17, 15) is 4.79 Å². The lowest BCUT2D eigenvalue weighted by Crippen LogP contribution is -2.84. The Kier molecular flexibility index (Phi) is 5.37. The molecule has 1 saturated heterocycles. The van der Waals surface area contributed by atoms with E-state index in [1.807, 2.05) is 24.3 Å². The first-order valence-corrected chi connectivity index (χ1v) is 11.5. The van der Waals surface area contributed by atoms with E-state index >= 15 is 0 Å². The van der Waals surface area contributed by atoms with Gasteiger partial charge in [-0.15, -0.1) is 11.8 Å². The molecule has 0 spiro atoms. The van der Waals surface area contributed by atoms with Crippen LogP contribution in [0.5, 0.6) is 5.75 Å². The van der Waals surface area contributed by atoms with Crippen LogP contribution < -0.4 is 26.2 Å². The minimum absolute atomic E-state index is 0.0105. The van der Waals surface area contributed by atoms with Crippen LogP contribution in [-0.2, 0) is 4.79 Å². The van der Waals surface area contributed by atoms with Gasteiger partial charge in [0, 0.05) is 21.1 Å². The lowest BCUT2D eigenvalue weighted by molar-refractivity contribution is -0.144. The third kappa shape index (κ3) is 4.15. The Hall–Kier alpha value is -1.48. The summed E-state index contributed by atoms with van der Waals surface area (Å²) in [6.45, 7) is 0.0105. The second-order valence-corrected chi connectivity index (χ2v) is 10.4. The number of carbonyl (C=O) groups is 1. The lowest BCUT2D eigenvalue weighted by atomic mass is 9.44. The molecule has 4 N–H and O–H groups in total.